The summed E-state index contributed by atoms with van der Waals surface area (Å²) in [4.78, 5) is 11.0. The van der Waals surface area contributed by atoms with E-state index >= 15 is 0 Å². The minimum Gasteiger partial charge on any atom is -0.478 e. The van der Waals surface area contributed by atoms with E-state index in [-0.39, 0.29) is 5.56 Å². The van der Waals surface area contributed by atoms with Crippen LogP contribution in [0.15, 0.2) is 18.2 Å². The van der Waals surface area contributed by atoms with Gasteiger partial charge in [0.2, 0.25) is 0 Å². The summed E-state index contributed by atoms with van der Waals surface area (Å²) in [6.07, 6.45) is 2.32. The summed E-state index contributed by atoms with van der Waals surface area (Å²) in [5.41, 5.74) is 7.13. The first-order valence-electron chi connectivity index (χ1n) is 6.39. The summed E-state index contributed by atoms with van der Waals surface area (Å²) < 4.78 is 0. The number of hydrogen-bond acceptors (Lipinski definition) is 3. The first-order valence-corrected chi connectivity index (χ1v) is 6.39. The first-order chi connectivity index (χ1) is 8.50. The van der Waals surface area contributed by atoms with Crippen LogP contribution in [0.25, 0.3) is 0 Å². The van der Waals surface area contributed by atoms with Crippen LogP contribution in [-0.4, -0.2) is 17.1 Å². The third-order valence-corrected chi connectivity index (χ3v) is 4.14. The number of carboxylic acid groups (broad SMARTS) is 1. The van der Waals surface area contributed by atoms with E-state index < -0.39 is 5.97 Å². The molecule has 0 heterocycles. The molecular weight excluding hydrogens is 228 g/mol. The average molecular weight is 248 g/mol. The lowest BCUT2D eigenvalue weighted by atomic mass is 9.97. The quantitative estimate of drug-likeness (QED) is 0.719. The highest BCUT2D eigenvalue weighted by atomic mass is 16.4. The highest BCUT2D eigenvalue weighted by molar-refractivity contribution is 5.97. The molecule has 1 fully saturated rings. The predicted molar refractivity (Wildman–Crippen MR) is 72.8 cm³/mol. The third-order valence-electron chi connectivity index (χ3n) is 4.14. The van der Waals surface area contributed by atoms with Gasteiger partial charge in [-0.3, -0.25) is 0 Å². The molecule has 0 aromatic heterocycles. The van der Waals surface area contributed by atoms with Crippen LogP contribution < -0.4 is 11.1 Å². The summed E-state index contributed by atoms with van der Waals surface area (Å²) >= 11 is 0. The van der Waals surface area contributed by atoms with Gasteiger partial charge in [0.05, 0.1) is 16.9 Å². The van der Waals surface area contributed by atoms with Crippen molar-refractivity contribution in [3.63, 3.8) is 0 Å². The lowest BCUT2D eigenvalue weighted by Gasteiger charge is -2.22. The van der Waals surface area contributed by atoms with Crippen molar-refractivity contribution < 1.29 is 9.90 Å². The van der Waals surface area contributed by atoms with Crippen molar-refractivity contribution in [1.82, 2.24) is 0 Å². The number of rotatable bonds is 3. The van der Waals surface area contributed by atoms with Gasteiger partial charge >= 0.3 is 5.97 Å². The zero-order valence-electron chi connectivity index (χ0n) is 10.8. The second-order valence-electron chi connectivity index (χ2n) is 5.24. The Kier molecular flexibility index (Phi) is 3.45. The molecule has 0 amide bonds. The van der Waals surface area contributed by atoms with Crippen molar-refractivity contribution in [2.75, 3.05) is 11.1 Å². The Morgan fingerprint density at radius 1 is 1.39 bits per heavy atom. The smallest absolute Gasteiger partial charge is 0.337 e. The number of nitrogens with one attached hydrogen (secondary N) is 1. The van der Waals surface area contributed by atoms with Crippen LogP contribution in [0.3, 0.4) is 0 Å². The highest BCUT2D eigenvalue weighted by Crippen LogP contribution is 2.34. The predicted octanol–water partition coefficient (Wildman–Crippen LogP) is 2.81. The average Bonchev–Trinajstić information content (AvgIpc) is 2.63. The maximum absolute atomic E-state index is 11.0. The number of carboxylic acids is 1. The summed E-state index contributed by atoms with van der Waals surface area (Å²) in [6.45, 7) is 4.48. The molecule has 2 rings (SSSR count). The second-order valence-corrected chi connectivity index (χ2v) is 5.24. The van der Waals surface area contributed by atoms with Crippen molar-refractivity contribution in [2.24, 2.45) is 11.8 Å². The lowest BCUT2D eigenvalue weighted by molar-refractivity contribution is 0.0698. The molecule has 3 unspecified atom stereocenters. The van der Waals surface area contributed by atoms with Gasteiger partial charge in [-0.15, -0.1) is 0 Å². The standard InChI is InChI=1S/C14H20N2O2/c1-8-6-7-11(9(8)2)16-12-5-3-4-10(13(12)15)14(17)18/h3-5,8-9,11,16H,6-7,15H2,1-2H3,(H,17,18). The molecule has 0 saturated heterocycles. The number of aromatic carboxylic acids is 1. The topological polar surface area (TPSA) is 75.3 Å². The van der Waals surface area contributed by atoms with Crippen molar-refractivity contribution in [2.45, 2.75) is 32.7 Å². The molecule has 1 aliphatic carbocycles. The summed E-state index contributed by atoms with van der Waals surface area (Å²) in [5, 5.41) is 12.4. The van der Waals surface area contributed by atoms with Gasteiger partial charge in [-0.1, -0.05) is 19.9 Å². The number of hydrogen-bond donors (Lipinski definition) is 3. The molecule has 1 aromatic carbocycles. The molecule has 98 valence electrons. The van der Waals surface area contributed by atoms with E-state index in [4.69, 9.17) is 10.8 Å². The molecule has 4 heteroatoms. The summed E-state index contributed by atoms with van der Waals surface area (Å²) in [7, 11) is 0. The van der Waals surface area contributed by atoms with Crippen LogP contribution in [0.4, 0.5) is 11.4 Å². The van der Waals surface area contributed by atoms with Crippen LogP contribution in [0.5, 0.6) is 0 Å². The van der Waals surface area contributed by atoms with Gasteiger partial charge in [0.15, 0.2) is 0 Å². The Bertz CT molecular complexity index is 459. The SMILES string of the molecule is CC1CCC(Nc2cccc(C(=O)O)c2N)C1C. The van der Waals surface area contributed by atoms with Gasteiger partial charge in [0.1, 0.15) is 0 Å². The summed E-state index contributed by atoms with van der Waals surface area (Å²) in [5.74, 6) is 0.299. The Hall–Kier alpha value is -1.71. The van der Waals surface area contributed by atoms with Crippen LogP contribution in [0.2, 0.25) is 0 Å². The Morgan fingerprint density at radius 3 is 2.67 bits per heavy atom. The molecule has 0 bridgehead atoms. The van der Waals surface area contributed by atoms with Gasteiger partial charge in [0.25, 0.3) is 0 Å². The zero-order valence-corrected chi connectivity index (χ0v) is 10.8. The number of nitrogen functional groups attached to an aromatic ring is 1. The van der Waals surface area contributed by atoms with E-state index in [2.05, 4.69) is 19.2 Å². The van der Waals surface area contributed by atoms with Crippen LogP contribution in [-0.2, 0) is 0 Å². The van der Waals surface area contributed by atoms with E-state index in [1.807, 2.05) is 6.07 Å². The molecule has 18 heavy (non-hydrogen) atoms. The summed E-state index contributed by atoms with van der Waals surface area (Å²) in [6, 6.07) is 5.48. The second kappa shape index (κ2) is 4.88. The maximum Gasteiger partial charge on any atom is 0.337 e. The molecule has 0 aliphatic heterocycles. The van der Waals surface area contributed by atoms with Crippen molar-refractivity contribution in [3.05, 3.63) is 23.8 Å². The van der Waals surface area contributed by atoms with E-state index in [1.165, 1.54) is 12.5 Å². The number of para-hydroxylation sites is 1. The molecule has 3 atom stereocenters. The molecule has 0 spiro atoms. The molecule has 4 N–H and O–H groups in total. The van der Waals surface area contributed by atoms with E-state index in [1.54, 1.807) is 6.07 Å². The van der Waals surface area contributed by atoms with Gasteiger partial charge in [-0.2, -0.15) is 0 Å². The molecule has 1 aromatic rings. The fourth-order valence-corrected chi connectivity index (χ4v) is 2.65. The van der Waals surface area contributed by atoms with E-state index in [0.29, 0.717) is 23.6 Å². The third kappa shape index (κ3) is 2.28. The lowest BCUT2D eigenvalue weighted by Crippen LogP contribution is -2.24. The van der Waals surface area contributed by atoms with Gasteiger partial charge < -0.3 is 16.2 Å². The monoisotopic (exact) mass is 248 g/mol. The molecule has 1 saturated carbocycles. The molecule has 1 aliphatic rings. The fourth-order valence-electron chi connectivity index (χ4n) is 2.65. The highest BCUT2D eigenvalue weighted by Gasteiger charge is 2.30. The first kappa shape index (κ1) is 12.7. The molecular formula is C14H20N2O2. The Morgan fingerprint density at radius 2 is 2.11 bits per heavy atom. The maximum atomic E-state index is 11.0. The molecule has 0 radical (unpaired) electrons. The van der Waals surface area contributed by atoms with Crippen molar-refractivity contribution in [3.8, 4) is 0 Å². The minimum atomic E-state index is -0.982. The normalized spacial score (nSPS) is 27.1. The Balaban J connectivity index is 2.20. The number of nitrogens with two attached hydrogens (primary N) is 1. The molecule has 4 nitrogen and oxygen atoms in total. The Labute approximate surface area is 107 Å². The van der Waals surface area contributed by atoms with Crippen LogP contribution in [0, 0.1) is 11.8 Å². The minimum absolute atomic E-state index is 0.165. The van der Waals surface area contributed by atoms with Gasteiger partial charge in [-0.05, 0) is 36.8 Å². The zero-order chi connectivity index (χ0) is 13.3. The van der Waals surface area contributed by atoms with E-state index in [9.17, 15) is 4.79 Å². The largest absolute Gasteiger partial charge is 0.478 e. The number of anilines is 2. The van der Waals surface area contributed by atoms with Gasteiger partial charge in [-0.25, -0.2) is 4.79 Å². The van der Waals surface area contributed by atoms with Crippen molar-refractivity contribution >= 4 is 17.3 Å². The van der Waals surface area contributed by atoms with Crippen molar-refractivity contribution in [1.29, 1.82) is 0 Å². The van der Waals surface area contributed by atoms with Crippen LogP contribution >= 0.6 is 0 Å². The number of benzene rings is 1. The van der Waals surface area contributed by atoms with E-state index in [0.717, 1.165) is 12.1 Å². The number of carbonyl (C=O) groups is 1. The van der Waals surface area contributed by atoms with Gasteiger partial charge in [0, 0.05) is 6.04 Å². The fraction of sp³-hybridized carbons (Fsp3) is 0.500. The van der Waals surface area contributed by atoms with Crippen LogP contribution in [0.1, 0.15) is 37.0 Å².